The Morgan fingerprint density at radius 3 is 2.70 bits per heavy atom. The van der Waals surface area contributed by atoms with Gasteiger partial charge in [0.05, 0.1) is 20.2 Å². The zero-order valence-corrected chi connectivity index (χ0v) is 20.5. The van der Waals surface area contributed by atoms with Crippen molar-refractivity contribution >= 4 is 35.8 Å². The Bertz CT molecular complexity index is 814. The van der Waals surface area contributed by atoms with Crippen LogP contribution in [0.15, 0.2) is 47.6 Å². The van der Waals surface area contributed by atoms with Crippen molar-refractivity contribution in [3.8, 4) is 5.75 Å². The Hall–Kier alpha value is -2.36. The summed E-state index contributed by atoms with van der Waals surface area (Å²) in [6.45, 7) is 5.98. The molecular formula is C22H32IN5O2. The topological polar surface area (TPSA) is 78.9 Å². The number of ether oxygens (including phenoxy) is 1. The van der Waals surface area contributed by atoms with Gasteiger partial charge in [0, 0.05) is 44.0 Å². The Morgan fingerprint density at radius 2 is 2.03 bits per heavy atom. The van der Waals surface area contributed by atoms with Gasteiger partial charge in [-0.05, 0) is 37.6 Å². The molecule has 0 aliphatic heterocycles. The molecule has 0 aliphatic carbocycles. The summed E-state index contributed by atoms with van der Waals surface area (Å²) in [5.41, 5.74) is 3.11. The highest BCUT2D eigenvalue weighted by Gasteiger charge is 2.10. The second-order valence-electron chi connectivity index (χ2n) is 6.75. The summed E-state index contributed by atoms with van der Waals surface area (Å²) in [7, 11) is 3.46. The maximum Gasteiger partial charge on any atom is 0.241 e. The highest BCUT2D eigenvalue weighted by molar-refractivity contribution is 14.0. The van der Waals surface area contributed by atoms with E-state index in [1.54, 1.807) is 25.3 Å². The number of aryl methyl sites for hydroxylation is 1. The standard InChI is InChI=1S/C22H31N5O2.HI/c1-5-23-22(25-15-18-10-9-17(2)14-20(18)29-4)26-16-21(28)27(3)13-11-19-8-6-7-12-24-19;/h6-10,12,14H,5,11,13,15-16H2,1-4H3,(H2,23,25,26);1H. The second-order valence-corrected chi connectivity index (χ2v) is 6.75. The number of rotatable bonds is 9. The molecule has 2 rings (SSSR count). The molecule has 30 heavy (non-hydrogen) atoms. The minimum Gasteiger partial charge on any atom is -0.496 e. The van der Waals surface area contributed by atoms with Gasteiger partial charge in [0.25, 0.3) is 0 Å². The third-order valence-corrected chi connectivity index (χ3v) is 4.46. The maximum absolute atomic E-state index is 12.4. The van der Waals surface area contributed by atoms with E-state index in [4.69, 9.17) is 4.74 Å². The number of halogens is 1. The molecule has 1 aromatic carbocycles. The molecule has 2 aromatic rings. The average molecular weight is 525 g/mol. The van der Waals surface area contributed by atoms with Crippen molar-refractivity contribution in [2.24, 2.45) is 4.99 Å². The van der Waals surface area contributed by atoms with Gasteiger partial charge in [-0.15, -0.1) is 24.0 Å². The van der Waals surface area contributed by atoms with Crippen molar-refractivity contribution in [1.82, 2.24) is 20.5 Å². The first-order chi connectivity index (χ1) is 14.0. The zero-order chi connectivity index (χ0) is 21.1. The fourth-order valence-electron chi connectivity index (χ4n) is 2.74. The molecule has 8 heteroatoms. The van der Waals surface area contributed by atoms with Gasteiger partial charge in [0.15, 0.2) is 5.96 Å². The van der Waals surface area contributed by atoms with Crippen LogP contribution in [-0.2, 0) is 17.8 Å². The Labute approximate surface area is 196 Å². The molecule has 7 nitrogen and oxygen atoms in total. The normalized spacial score (nSPS) is 10.7. The quantitative estimate of drug-likeness (QED) is 0.299. The summed E-state index contributed by atoms with van der Waals surface area (Å²) in [4.78, 5) is 23.0. The van der Waals surface area contributed by atoms with Crippen LogP contribution in [0.5, 0.6) is 5.75 Å². The SMILES string of the molecule is CCNC(=NCc1ccc(C)cc1OC)NCC(=O)N(C)CCc1ccccn1.I. The number of carbonyl (C=O) groups is 1. The predicted molar refractivity (Wildman–Crippen MR) is 132 cm³/mol. The Morgan fingerprint density at radius 1 is 1.23 bits per heavy atom. The van der Waals surface area contributed by atoms with E-state index >= 15 is 0 Å². The summed E-state index contributed by atoms with van der Waals surface area (Å²) < 4.78 is 5.44. The smallest absolute Gasteiger partial charge is 0.241 e. The summed E-state index contributed by atoms with van der Waals surface area (Å²) in [6, 6.07) is 11.8. The Balaban J connectivity index is 0.00000450. The molecule has 0 saturated heterocycles. The number of aliphatic imine (C=N–C) groups is 1. The second kappa shape index (κ2) is 13.8. The van der Waals surface area contributed by atoms with E-state index in [0.29, 0.717) is 25.6 Å². The molecule has 0 radical (unpaired) electrons. The summed E-state index contributed by atoms with van der Waals surface area (Å²) >= 11 is 0. The van der Waals surface area contributed by atoms with Crippen LogP contribution in [0.3, 0.4) is 0 Å². The summed E-state index contributed by atoms with van der Waals surface area (Å²) in [5.74, 6) is 1.41. The van der Waals surface area contributed by atoms with E-state index in [2.05, 4.69) is 20.6 Å². The molecule has 0 saturated carbocycles. The zero-order valence-electron chi connectivity index (χ0n) is 18.1. The summed E-state index contributed by atoms with van der Waals surface area (Å²) in [6.07, 6.45) is 2.49. The van der Waals surface area contributed by atoms with E-state index in [-0.39, 0.29) is 36.4 Å². The number of benzene rings is 1. The maximum atomic E-state index is 12.4. The minimum atomic E-state index is -0.000509. The van der Waals surface area contributed by atoms with Crippen molar-refractivity contribution in [3.63, 3.8) is 0 Å². The monoisotopic (exact) mass is 525 g/mol. The molecule has 0 spiro atoms. The van der Waals surface area contributed by atoms with E-state index in [0.717, 1.165) is 29.0 Å². The fraction of sp³-hybridized carbons (Fsp3) is 0.409. The van der Waals surface area contributed by atoms with Crippen molar-refractivity contribution in [2.75, 3.05) is 33.8 Å². The molecule has 0 bridgehead atoms. The third kappa shape index (κ3) is 8.56. The van der Waals surface area contributed by atoms with Gasteiger partial charge < -0.3 is 20.3 Å². The lowest BCUT2D eigenvalue weighted by Crippen LogP contribution is -2.44. The molecule has 2 N–H and O–H groups in total. The molecule has 1 aromatic heterocycles. The number of pyridine rings is 1. The van der Waals surface area contributed by atoms with Gasteiger partial charge in [-0.3, -0.25) is 9.78 Å². The lowest BCUT2D eigenvalue weighted by Gasteiger charge is -2.18. The van der Waals surface area contributed by atoms with E-state index in [1.165, 1.54) is 0 Å². The van der Waals surface area contributed by atoms with Gasteiger partial charge in [0.1, 0.15) is 5.75 Å². The molecular weight excluding hydrogens is 493 g/mol. The first-order valence-corrected chi connectivity index (χ1v) is 9.83. The van der Waals surface area contributed by atoms with Crippen molar-refractivity contribution in [3.05, 3.63) is 59.4 Å². The highest BCUT2D eigenvalue weighted by atomic mass is 127. The van der Waals surface area contributed by atoms with Crippen LogP contribution in [0.2, 0.25) is 0 Å². The van der Waals surface area contributed by atoms with Crippen molar-refractivity contribution in [1.29, 1.82) is 0 Å². The van der Waals surface area contributed by atoms with E-state index in [9.17, 15) is 4.79 Å². The van der Waals surface area contributed by atoms with Gasteiger partial charge in [0.2, 0.25) is 5.91 Å². The molecule has 1 heterocycles. The van der Waals surface area contributed by atoms with Gasteiger partial charge in [-0.25, -0.2) is 4.99 Å². The van der Waals surface area contributed by atoms with Crippen molar-refractivity contribution < 1.29 is 9.53 Å². The molecule has 1 amide bonds. The Kier molecular flexibility index (Phi) is 11.8. The first-order valence-electron chi connectivity index (χ1n) is 9.83. The highest BCUT2D eigenvalue weighted by Crippen LogP contribution is 2.20. The molecule has 0 aliphatic rings. The van der Waals surface area contributed by atoms with Crippen LogP contribution in [-0.4, -0.2) is 55.5 Å². The average Bonchev–Trinajstić information content (AvgIpc) is 2.74. The number of methoxy groups -OCH3 is 1. The van der Waals surface area contributed by atoms with E-state index in [1.807, 2.05) is 50.2 Å². The molecule has 164 valence electrons. The lowest BCUT2D eigenvalue weighted by atomic mass is 10.1. The van der Waals surface area contributed by atoms with Crippen LogP contribution in [0.1, 0.15) is 23.7 Å². The number of hydrogen-bond donors (Lipinski definition) is 2. The lowest BCUT2D eigenvalue weighted by molar-refractivity contribution is -0.128. The number of aromatic nitrogens is 1. The van der Waals surface area contributed by atoms with Crippen molar-refractivity contribution in [2.45, 2.75) is 26.8 Å². The number of nitrogens with one attached hydrogen (secondary N) is 2. The third-order valence-electron chi connectivity index (χ3n) is 4.46. The molecule has 0 atom stereocenters. The number of amides is 1. The van der Waals surface area contributed by atoms with E-state index < -0.39 is 0 Å². The van der Waals surface area contributed by atoms with Gasteiger partial charge in [-0.1, -0.05) is 18.2 Å². The van der Waals surface area contributed by atoms with Crippen LogP contribution in [0, 0.1) is 6.92 Å². The molecule has 0 unspecified atom stereocenters. The predicted octanol–water partition coefficient (Wildman–Crippen LogP) is 2.77. The molecule has 0 fully saturated rings. The van der Waals surface area contributed by atoms with Crippen LogP contribution >= 0.6 is 24.0 Å². The fourth-order valence-corrected chi connectivity index (χ4v) is 2.74. The number of nitrogens with zero attached hydrogens (tertiary/aromatic N) is 3. The summed E-state index contributed by atoms with van der Waals surface area (Å²) in [5, 5.41) is 6.28. The number of carbonyl (C=O) groups excluding carboxylic acids is 1. The van der Waals surface area contributed by atoms with Crippen LogP contribution in [0.4, 0.5) is 0 Å². The number of hydrogen-bond acceptors (Lipinski definition) is 4. The van der Waals surface area contributed by atoms with Gasteiger partial charge >= 0.3 is 0 Å². The first kappa shape index (κ1) is 25.7. The minimum absolute atomic E-state index is 0. The number of guanidine groups is 1. The number of likely N-dealkylation sites (N-methyl/N-ethyl adjacent to an activating group) is 1. The van der Waals surface area contributed by atoms with Crippen LogP contribution < -0.4 is 15.4 Å². The van der Waals surface area contributed by atoms with Gasteiger partial charge in [-0.2, -0.15) is 0 Å². The van der Waals surface area contributed by atoms with Crippen LogP contribution in [0.25, 0.3) is 0 Å². The largest absolute Gasteiger partial charge is 0.496 e.